The lowest BCUT2D eigenvalue weighted by Gasteiger charge is -2.20. The molecule has 9 heteroatoms. The number of carbonyl (C=O) groups is 1. The third-order valence-electron chi connectivity index (χ3n) is 4.59. The van der Waals surface area contributed by atoms with Crippen molar-refractivity contribution in [3.8, 4) is 0 Å². The minimum atomic E-state index is -0.400. The zero-order valence-electron chi connectivity index (χ0n) is 16.4. The summed E-state index contributed by atoms with van der Waals surface area (Å²) in [5.41, 5.74) is 2.90. The molecule has 30 heavy (non-hydrogen) atoms. The number of rotatable bonds is 5. The monoisotopic (exact) mass is 442 g/mol. The van der Waals surface area contributed by atoms with Crippen LogP contribution in [0.15, 0.2) is 61.2 Å². The van der Waals surface area contributed by atoms with Crippen molar-refractivity contribution in [3.63, 3.8) is 0 Å². The maximum atomic E-state index is 13.3. The van der Waals surface area contributed by atoms with E-state index in [9.17, 15) is 4.79 Å². The number of carbonyl (C=O) groups excluding carboxylic acids is 1. The summed E-state index contributed by atoms with van der Waals surface area (Å²) < 4.78 is 1.45. The topological polar surface area (TPSA) is 85.1 Å². The van der Waals surface area contributed by atoms with E-state index in [0.717, 1.165) is 16.8 Å². The molecule has 1 N–H and O–H groups in total. The number of pyridine rings is 1. The van der Waals surface area contributed by atoms with E-state index in [-0.39, 0.29) is 24.2 Å². The van der Waals surface area contributed by atoms with Crippen LogP contribution >= 0.6 is 24.0 Å². The molecule has 0 aliphatic heterocycles. The van der Waals surface area contributed by atoms with E-state index >= 15 is 0 Å². The van der Waals surface area contributed by atoms with Crippen LogP contribution < -0.4 is 5.32 Å². The number of nitrogens with one attached hydrogen (secondary N) is 1. The van der Waals surface area contributed by atoms with Gasteiger partial charge in [-0.1, -0.05) is 43.6 Å². The molecule has 154 valence electrons. The van der Waals surface area contributed by atoms with E-state index < -0.39 is 6.04 Å². The molecule has 0 radical (unpaired) electrons. The Hall–Kier alpha value is -3.03. The molecule has 3 aromatic heterocycles. The van der Waals surface area contributed by atoms with Crippen molar-refractivity contribution in [1.29, 1.82) is 0 Å². The van der Waals surface area contributed by atoms with Crippen molar-refractivity contribution in [3.05, 3.63) is 88.7 Å². The lowest BCUT2D eigenvalue weighted by Crippen LogP contribution is -2.31. The number of fused-ring (bicyclic) bond motifs is 1. The first kappa shape index (κ1) is 21.7. The third-order valence-corrected chi connectivity index (χ3v) is 4.84. The van der Waals surface area contributed by atoms with E-state index in [0.29, 0.717) is 16.5 Å². The van der Waals surface area contributed by atoms with Crippen molar-refractivity contribution in [2.75, 3.05) is 0 Å². The number of hydrogen-bond acceptors (Lipinski definition) is 5. The lowest BCUT2D eigenvalue weighted by atomic mass is 10.00. The first-order valence-electron chi connectivity index (χ1n) is 9.20. The summed E-state index contributed by atoms with van der Waals surface area (Å²) in [5.74, 6) is 0.257. The standard InChI is InChI=1S/C21H19ClN6O.ClH/c1-13(2)17-10-18(28-21(26-17)24-12-25-28)20(29)27-19(15-4-3-9-23-11-15)14-5-7-16(22)8-6-14;/h3-13,19H,1-2H3,(H,27,29);1H. The Morgan fingerprint density at radius 1 is 1.13 bits per heavy atom. The highest BCUT2D eigenvalue weighted by molar-refractivity contribution is 6.30. The second-order valence-electron chi connectivity index (χ2n) is 6.94. The Morgan fingerprint density at radius 3 is 2.57 bits per heavy atom. The second-order valence-corrected chi connectivity index (χ2v) is 7.37. The molecule has 4 rings (SSSR count). The molecule has 4 aromatic rings. The quantitative estimate of drug-likeness (QED) is 0.499. The molecule has 1 aromatic carbocycles. The molecule has 0 bridgehead atoms. The lowest BCUT2D eigenvalue weighted by molar-refractivity contribution is 0.0935. The van der Waals surface area contributed by atoms with E-state index in [4.69, 9.17) is 11.6 Å². The fraction of sp³-hybridized carbons (Fsp3) is 0.190. The molecule has 7 nitrogen and oxygen atoms in total. The van der Waals surface area contributed by atoms with Crippen LogP contribution in [0.2, 0.25) is 5.02 Å². The Labute approximate surface area is 185 Å². The average Bonchev–Trinajstić information content (AvgIpc) is 3.21. The fourth-order valence-corrected chi connectivity index (χ4v) is 3.18. The number of nitrogens with zero attached hydrogens (tertiary/aromatic N) is 5. The Kier molecular flexibility index (Phi) is 6.64. The molecule has 3 heterocycles. The number of amides is 1. The number of benzene rings is 1. The zero-order chi connectivity index (χ0) is 20.4. The maximum absolute atomic E-state index is 13.3. The van der Waals surface area contributed by atoms with Crippen molar-refractivity contribution in [2.24, 2.45) is 0 Å². The minimum Gasteiger partial charge on any atom is -0.340 e. The zero-order valence-corrected chi connectivity index (χ0v) is 17.9. The van der Waals surface area contributed by atoms with E-state index in [1.807, 2.05) is 38.1 Å². The van der Waals surface area contributed by atoms with Crippen LogP contribution in [0.4, 0.5) is 0 Å². The van der Waals surface area contributed by atoms with Gasteiger partial charge in [-0.25, -0.2) is 4.98 Å². The van der Waals surface area contributed by atoms with E-state index in [1.165, 1.54) is 10.8 Å². The summed E-state index contributed by atoms with van der Waals surface area (Å²) in [6.45, 7) is 4.03. The van der Waals surface area contributed by atoms with Gasteiger partial charge in [0.1, 0.15) is 12.0 Å². The average molecular weight is 443 g/mol. The molecular weight excluding hydrogens is 423 g/mol. The summed E-state index contributed by atoms with van der Waals surface area (Å²) in [4.78, 5) is 26.1. The molecule has 0 saturated carbocycles. The van der Waals surface area contributed by atoms with Gasteiger partial charge in [-0.2, -0.15) is 14.6 Å². The fourth-order valence-electron chi connectivity index (χ4n) is 3.05. The van der Waals surface area contributed by atoms with Crippen LogP contribution in [0, 0.1) is 0 Å². The maximum Gasteiger partial charge on any atom is 0.270 e. The molecule has 0 spiro atoms. The van der Waals surface area contributed by atoms with Gasteiger partial charge in [-0.05, 0) is 41.3 Å². The summed E-state index contributed by atoms with van der Waals surface area (Å²) in [6.07, 6.45) is 4.82. The molecule has 0 saturated heterocycles. The van der Waals surface area contributed by atoms with Gasteiger partial charge in [-0.15, -0.1) is 12.4 Å². The van der Waals surface area contributed by atoms with Gasteiger partial charge in [-0.3, -0.25) is 9.78 Å². The van der Waals surface area contributed by atoms with Crippen molar-refractivity contribution >= 4 is 35.7 Å². The number of hydrogen-bond donors (Lipinski definition) is 1. The van der Waals surface area contributed by atoms with Crippen LogP contribution in [-0.4, -0.2) is 30.5 Å². The molecular formula is C21H20Cl2N6O. The third kappa shape index (κ3) is 4.42. The summed E-state index contributed by atoms with van der Waals surface area (Å²) >= 11 is 6.04. The highest BCUT2D eigenvalue weighted by Gasteiger charge is 2.22. The van der Waals surface area contributed by atoms with Crippen LogP contribution in [0.5, 0.6) is 0 Å². The van der Waals surface area contributed by atoms with Gasteiger partial charge >= 0.3 is 0 Å². The normalized spacial score (nSPS) is 11.9. The van der Waals surface area contributed by atoms with Crippen molar-refractivity contribution in [1.82, 2.24) is 29.9 Å². The summed E-state index contributed by atoms with van der Waals surface area (Å²) in [5, 5.41) is 7.88. The molecule has 1 amide bonds. The SMILES string of the molecule is CC(C)c1cc(C(=O)NC(c2ccc(Cl)cc2)c2cccnc2)n2ncnc2n1.Cl. The van der Waals surface area contributed by atoms with Crippen molar-refractivity contribution in [2.45, 2.75) is 25.8 Å². The highest BCUT2D eigenvalue weighted by Crippen LogP contribution is 2.24. The smallest absolute Gasteiger partial charge is 0.270 e. The number of aromatic nitrogens is 5. The van der Waals surface area contributed by atoms with Crippen LogP contribution in [0.3, 0.4) is 0 Å². The molecule has 1 unspecified atom stereocenters. The predicted octanol–water partition coefficient (Wildman–Crippen LogP) is 4.24. The van der Waals surface area contributed by atoms with Gasteiger partial charge in [0.05, 0.1) is 6.04 Å². The van der Waals surface area contributed by atoms with Crippen molar-refractivity contribution < 1.29 is 4.79 Å². The molecule has 0 aliphatic carbocycles. The van der Waals surface area contributed by atoms with Crippen LogP contribution in [0.1, 0.15) is 53.1 Å². The first-order chi connectivity index (χ1) is 14.0. The second kappa shape index (κ2) is 9.19. The van der Waals surface area contributed by atoms with Gasteiger partial charge in [0.2, 0.25) is 0 Å². The van der Waals surface area contributed by atoms with Gasteiger partial charge < -0.3 is 5.32 Å². The Bertz CT molecular complexity index is 1150. The summed E-state index contributed by atoms with van der Waals surface area (Å²) in [6, 6.07) is 12.5. The molecule has 1 atom stereocenters. The number of halogens is 2. The van der Waals surface area contributed by atoms with Gasteiger partial charge in [0, 0.05) is 23.1 Å². The predicted molar refractivity (Wildman–Crippen MR) is 117 cm³/mol. The Balaban J connectivity index is 0.00000256. The van der Waals surface area contributed by atoms with E-state index in [2.05, 4.69) is 25.4 Å². The van der Waals surface area contributed by atoms with Crippen LogP contribution in [0.25, 0.3) is 5.78 Å². The Morgan fingerprint density at radius 2 is 1.90 bits per heavy atom. The first-order valence-corrected chi connectivity index (χ1v) is 9.57. The van der Waals surface area contributed by atoms with Gasteiger partial charge in [0.15, 0.2) is 0 Å². The highest BCUT2D eigenvalue weighted by atomic mass is 35.5. The molecule has 0 fully saturated rings. The van der Waals surface area contributed by atoms with Crippen LogP contribution in [-0.2, 0) is 0 Å². The minimum absolute atomic E-state index is 0. The largest absolute Gasteiger partial charge is 0.340 e. The van der Waals surface area contributed by atoms with Gasteiger partial charge in [0.25, 0.3) is 11.7 Å². The van der Waals surface area contributed by atoms with E-state index in [1.54, 1.807) is 30.6 Å². The molecule has 0 aliphatic rings. The summed E-state index contributed by atoms with van der Waals surface area (Å²) in [7, 11) is 0.